The number of carbonyl (C=O) groups is 2. The number of halogens is 4. The average Bonchev–Trinajstić information content (AvgIpc) is 2.44. The molecule has 0 aliphatic heterocycles. The van der Waals surface area contributed by atoms with Gasteiger partial charge >= 0.3 is 6.18 Å². The van der Waals surface area contributed by atoms with Gasteiger partial charge in [-0.3, -0.25) is 9.59 Å². The number of nitrogens with one attached hydrogen (secondary N) is 2. The summed E-state index contributed by atoms with van der Waals surface area (Å²) in [5.74, 6) is -0.697. The molecule has 2 amide bonds. The highest BCUT2D eigenvalue weighted by Crippen LogP contribution is 2.35. The molecular weight excluding hydrogens is 345 g/mol. The fraction of sp³-hybridized carbons (Fsp3) is 0.375. The second-order valence-electron chi connectivity index (χ2n) is 5.33. The van der Waals surface area contributed by atoms with Crippen LogP contribution in [0.3, 0.4) is 0 Å². The van der Waals surface area contributed by atoms with Crippen LogP contribution in [0.4, 0.5) is 13.2 Å². The first kappa shape index (κ1) is 20.0. The third-order valence-corrected chi connectivity index (χ3v) is 3.15. The summed E-state index contributed by atoms with van der Waals surface area (Å²) in [5.41, 5.74) is -0.767. The number of benzene rings is 1. The van der Waals surface area contributed by atoms with Gasteiger partial charge < -0.3 is 10.6 Å². The van der Waals surface area contributed by atoms with Crippen LogP contribution < -0.4 is 10.6 Å². The van der Waals surface area contributed by atoms with E-state index in [1.807, 2.05) is 13.8 Å². The smallest absolute Gasteiger partial charge is 0.354 e. The molecule has 8 heteroatoms. The Morgan fingerprint density at radius 3 is 2.54 bits per heavy atom. The van der Waals surface area contributed by atoms with Crippen molar-refractivity contribution in [3.05, 3.63) is 40.4 Å². The molecule has 24 heavy (non-hydrogen) atoms. The van der Waals surface area contributed by atoms with Gasteiger partial charge in [-0.05, 0) is 37.6 Å². The maximum Gasteiger partial charge on any atom is 0.417 e. The van der Waals surface area contributed by atoms with E-state index in [-0.39, 0.29) is 30.5 Å². The summed E-state index contributed by atoms with van der Waals surface area (Å²) in [6, 6.07) is 3.37. The molecule has 0 radical (unpaired) electrons. The van der Waals surface area contributed by atoms with Crippen molar-refractivity contribution in [1.29, 1.82) is 0 Å². The molecule has 0 saturated carbocycles. The highest BCUT2D eigenvalue weighted by molar-refractivity contribution is 6.31. The summed E-state index contributed by atoms with van der Waals surface area (Å²) in [6.45, 7) is 3.78. The first-order valence-electron chi connectivity index (χ1n) is 7.21. The van der Waals surface area contributed by atoms with Crippen molar-refractivity contribution < 1.29 is 22.8 Å². The van der Waals surface area contributed by atoms with Crippen LogP contribution in [-0.2, 0) is 15.8 Å². The van der Waals surface area contributed by atoms with E-state index in [2.05, 4.69) is 10.6 Å². The van der Waals surface area contributed by atoms with Gasteiger partial charge in [-0.1, -0.05) is 17.7 Å². The van der Waals surface area contributed by atoms with Crippen LogP contribution in [0.5, 0.6) is 0 Å². The lowest BCUT2D eigenvalue weighted by molar-refractivity contribution is -0.137. The van der Waals surface area contributed by atoms with Gasteiger partial charge in [0.1, 0.15) is 0 Å². The molecular formula is C16H18ClF3N2O2. The molecule has 0 heterocycles. The molecule has 4 nitrogen and oxygen atoms in total. The fourth-order valence-electron chi connectivity index (χ4n) is 1.79. The van der Waals surface area contributed by atoms with Gasteiger partial charge in [0.25, 0.3) is 0 Å². The van der Waals surface area contributed by atoms with Gasteiger partial charge in [0.05, 0.1) is 10.6 Å². The van der Waals surface area contributed by atoms with E-state index in [0.29, 0.717) is 0 Å². The van der Waals surface area contributed by atoms with Crippen molar-refractivity contribution in [2.45, 2.75) is 32.5 Å². The number of hydrogen-bond acceptors (Lipinski definition) is 2. The molecule has 132 valence electrons. The van der Waals surface area contributed by atoms with E-state index in [1.54, 1.807) is 0 Å². The lowest BCUT2D eigenvalue weighted by Gasteiger charge is -2.09. The third-order valence-electron chi connectivity index (χ3n) is 2.82. The Hall–Kier alpha value is -2.02. The summed E-state index contributed by atoms with van der Waals surface area (Å²) in [5, 5.41) is 4.75. The molecule has 0 aliphatic rings. The molecule has 0 saturated heterocycles. The van der Waals surface area contributed by atoms with Crippen molar-refractivity contribution in [1.82, 2.24) is 10.6 Å². The molecule has 1 aromatic carbocycles. The molecule has 1 rings (SSSR count). The lowest BCUT2D eigenvalue weighted by Crippen LogP contribution is -2.33. The maximum atomic E-state index is 12.7. The summed E-state index contributed by atoms with van der Waals surface area (Å²) in [7, 11) is 0. The molecule has 2 N–H and O–H groups in total. The summed E-state index contributed by atoms with van der Waals surface area (Å²) in [6.07, 6.45) is -2.09. The van der Waals surface area contributed by atoms with Crippen molar-refractivity contribution in [2.24, 2.45) is 0 Å². The minimum Gasteiger partial charge on any atom is -0.354 e. The van der Waals surface area contributed by atoms with E-state index in [0.717, 1.165) is 18.2 Å². The number of alkyl halides is 3. The second kappa shape index (κ2) is 8.73. The quantitative estimate of drug-likeness (QED) is 0.762. The molecule has 0 spiro atoms. The topological polar surface area (TPSA) is 58.2 Å². The molecule has 0 bridgehead atoms. The van der Waals surface area contributed by atoms with E-state index in [9.17, 15) is 22.8 Å². The van der Waals surface area contributed by atoms with Gasteiger partial charge in [-0.2, -0.15) is 13.2 Å². The Morgan fingerprint density at radius 1 is 1.29 bits per heavy atom. The summed E-state index contributed by atoms with van der Waals surface area (Å²) in [4.78, 5) is 23.0. The standard InChI is InChI=1S/C16H18ClF3N2O2/c1-10(2)22-15(24)7-8-21-14(23)6-4-11-3-5-13(17)12(9-11)16(18,19)20/h3-6,9-10H,7-8H2,1-2H3,(H,21,23)(H,22,24)/b6-4+. The zero-order chi connectivity index (χ0) is 18.3. The molecule has 1 aromatic rings. The van der Waals surface area contributed by atoms with Crippen LogP contribution >= 0.6 is 11.6 Å². The number of hydrogen-bond donors (Lipinski definition) is 2. The second-order valence-corrected chi connectivity index (χ2v) is 5.74. The Kier molecular flexibility index (Phi) is 7.28. The van der Waals surface area contributed by atoms with Crippen LogP contribution in [-0.4, -0.2) is 24.4 Å². The largest absolute Gasteiger partial charge is 0.417 e. The van der Waals surface area contributed by atoms with Crippen molar-refractivity contribution in [2.75, 3.05) is 6.54 Å². The summed E-state index contributed by atoms with van der Waals surface area (Å²) < 4.78 is 38.2. The van der Waals surface area contributed by atoms with Crippen molar-refractivity contribution >= 4 is 29.5 Å². The minimum atomic E-state index is -4.56. The first-order valence-corrected chi connectivity index (χ1v) is 7.59. The summed E-state index contributed by atoms with van der Waals surface area (Å²) >= 11 is 5.52. The zero-order valence-electron chi connectivity index (χ0n) is 13.2. The fourth-order valence-corrected chi connectivity index (χ4v) is 2.01. The maximum absolute atomic E-state index is 12.7. The molecule has 0 unspecified atom stereocenters. The average molecular weight is 363 g/mol. The predicted octanol–water partition coefficient (Wildman–Crippen LogP) is 3.40. The third kappa shape index (κ3) is 7.04. The number of rotatable bonds is 6. The lowest BCUT2D eigenvalue weighted by atomic mass is 10.1. The monoisotopic (exact) mass is 362 g/mol. The van der Waals surface area contributed by atoms with Crippen LogP contribution in [0.1, 0.15) is 31.4 Å². The van der Waals surface area contributed by atoms with Crippen molar-refractivity contribution in [3.8, 4) is 0 Å². The molecule has 0 aliphatic carbocycles. The van der Waals surface area contributed by atoms with Gasteiger partial charge in [0, 0.05) is 25.1 Å². The van der Waals surface area contributed by atoms with Gasteiger partial charge in [0.15, 0.2) is 0 Å². The minimum absolute atomic E-state index is 0.0147. The highest BCUT2D eigenvalue weighted by Gasteiger charge is 2.33. The van der Waals surface area contributed by atoms with Crippen LogP contribution in [0, 0.1) is 0 Å². The molecule has 0 fully saturated rings. The Morgan fingerprint density at radius 2 is 1.96 bits per heavy atom. The normalized spacial score (nSPS) is 11.8. The number of amides is 2. The Balaban J connectivity index is 2.57. The van der Waals surface area contributed by atoms with E-state index in [1.165, 1.54) is 12.1 Å². The van der Waals surface area contributed by atoms with E-state index < -0.39 is 22.7 Å². The molecule has 0 atom stereocenters. The Bertz CT molecular complexity index is 628. The van der Waals surface area contributed by atoms with Crippen LogP contribution in [0.15, 0.2) is 24.3 Å². The SMILES string of the molecule is CC(C)NC(=O)CCNC(=O)/C=C/c1ccc(Cl)c(C(F)(F)F)c1. The van der Waals surface area contributed by atoms with Gasteiger partial charge in [-0.15, -0.1) is 0 Å². The van der Waals surface area contributed by atoms with Gasteiger partial charge in [-0.25, -0.2) is 0 Å². The predicted molar refractivity (Wildman–Crippen MR) is 86.4 cm³/mol. The zero-order valence-corrected chi connectivity index (χ0v) is 14.0. The van der Waals surface area contributed by atoms with Crippen LogP contribution in [0.25, 0.3) is 6.08 Å². The van der Waals surface area contributed by atoms with Crippen LogP contribution in [0.2, 0.25) is 5.02 Å². The number of carbonyl (C=O) groups excluding carboxylic acids is 2. The van der Waals surface area contributed by atoms with Gasteiger partial charge in [0.2, 0.25) is 11.8 Å². The highest BCUT2D eigenvalue weighted by atomic mass is 35.5. The molecule has 0 aromatic heterocycles. The first-order chi connectivity index (χ1) is 11.1. The van der Waals surface area contributed by atoms with E-state index >= 15 is 0 Å². The Labute approximate surface area is 143 Å². The van der Waals surface area contributed by atoms with Crippen molar-refractivity contribution in [3.63, 3.8) is 0 Å². The van der Waals surface area contributed by atoms with E-state index in [4.69, 9.17) is 11.6 Å².